The monoisotopic (exact) mass is 415 g/mol. The van der Waals surface area contributed by atoms with Gasteiger partial charge in [-0.1, -0.05) is 54.3 Å². The van der Waals surface area contributed by atoms with Crippen LogP contribution in [0, 0.1) is 0 Å². The number of nitrogens with zero attached hydrogens (tertiary/aromatic N) is 4. The Labute approximate surface area is 175 Å². The van der Waals surface area contributed by atoms with Crippen molar-refractivity contribution in [3.05, 3.63) is 54.1 Å². The number of thioether (sulfide) groups is 1. The number of rotatable bonds is 5. The van der Waals surface area contributed by atoms with Crippen molar-refractivity contribution < 1.29 is 4.79 Å². The Morgan fingerprint density at radius 3 is 2.82 bits per heavy atom. The molecule has 2 saturated heterocycles. The molecule has 1 aromatic carbocycles. The number of carbonyl (C=O) groups is 1. The fraction of sp³-hybridized carbons (Fsp3) is 0.450. The third kappa shape index (κ3) is 4.74. The number of benzene rings is 1. The van der Waals surface area contributed by atoms with Crippen LogP contribution in [0.3, 0.4) is 0 Å². The zero-order valence-corrected chi connectivity index (χ0v) is 17.4. The van der Waals surface area contributed by atoms with E-state index in [0.717, 1.165) is 61.6 Å². The van der Waals surface area contributed by atoms with Crippen LogP contribution in [0.2, 0.25) is 0 Å². The van der Waals surface area contributed by atoms with Gasteiger partial charge in [0.25, 0.3) is 0 Å². The average Bonchev–Trinajstić information content (AvgIpc) is 3.26. The van der Waals surface area contributed by atoms with Gasteiger partial charge >= 0.3 is 0 Å². The molecule has 0 radical (unpaired) electrons. The van der Waals surface area contributed by atoms with Crippen molar-refractivity contribution in [2.75, 3.05) is 31.9 Å². The van der Waals surface area contributed by atoms with Crippen LogP contribution in [-0.2, 0) is 17.9 Å². The molecule has 1 atom stereocenters. The first kappa shape index (κ1) is 19.4. The zero-order valence-electron chi connectivity index (χ0n) is 15.8. The Morgan fingerprint density at radius 2 is 2.04 bits per heavy atom. The molecule has 148 valence electrons. The van der Waals surface area contributed by atoms with E-state index in [2.05, 4.69) is 44.0 Å². The van der Waals surface area contributed by atoms with Gasteiger partial charge in [-0.05, 0) is 12.0 Å². The van der Waals surface area contributed by atoms with E-state index in [9.17, 15) is 4.79 Å². The molecule has 0 saturated carbocycles. The number of hydrogen-bond acceptors (Lipinski definition) is 5. The molecule has 3 heterocycles. The second-order valence-corrected chi connectivity index (χ2v) is 8.90. The lowest BCUT2D eigenvalue weighted by Crippen LogP contribution is -2.46. The van der Waals surface area contributed by atoms with E-state index in [1.54, 1.807) is 11.8 Å². The molecule has 2 aromatic rings. The molecule has 1 amide bonds. The van der Waals surface area contributed by atoms with Crippen LogP contribution in [-0.4, -0.2) is 67.6 Å². The summed E-state index contributed by atoms with van der Waals surface area (Å²) in [4.78, 5) is 21.7. The lowest BCUT2D eigenvalue weighted by molar-refractivity contribution is -0.132. The van der Waals surface area contributed by atoms with Crippen LogP contribution in [0.4, 0.5) is 0 Å². The molecule has 0 aliphatic carbocycles. The van der Waals surface area contributed by atoms with E-state index in [1.807, 2.05) is 23.4 Å². The number of aromatic nitrogens is 2. The first-order valence-electron chi connectivity index (χ1n) is 9.67. The molecule has 0 bridgehead atoms. The van der Waals surface area contributed by atoms with Gasteiger partial charge in [-0.25, -0.2) is 4.98 Å². The van der Waals surface area contributed by atoms with Crippen molar-refractivity contribution in [2.45, 2.75) is 25.6 Å². The van der Waals surface area contributed by atoms with Crippen LogP contribution < -0.4 is 5.32 Å². The van der Waals surface area contributed by atoms with Crippen molar-refractivity contribution in [3.8, 4) is 0 Å². The van der Waals surface area contributed by atoms with Crippen LogP contribution in [0.25, 0.3) is 0 Å². The highest BCUT2D eigenvalue weighted by molar-refractivity contribution is 8.23. The van der Waals surface area contributed by atoms with Crippen LogP contribution in [0.15, 0.2) is 42.7 Å². The zero-order chi connectivity index (χ0) is 19.3. The summed E-state index contributed by atoms with van der Waals surface area (Å²) in [6.45, 7) is 5.06. The number of carbonyl (C=O) groups excluding carboxylic acids is 1. The number of thiocarbonyl (C=S) groups is 1. The van der Waals surface area contributed by atoms with Crippen LogP contribution in [0.5, 0.6) is 0 Å². The Bertz CT molecular complexity index is 825. The molecule has 1 N–H and O–H groups in total. The minimum Gasteiger partial charge on any atom is -0.359 e. The van der Waals surface area contributed by atoms with Crippen molar-refractivity contribution in [1.82, 2.24) is 24.7 Å². The van der Waals surface area contributed by atoms with Gasteiger partial charge in [0.05, 0.1) is 6.54 Å². The van der Waals surface area contributed by atoms with E-state index in [-0.39, 0.29) is 11.9 Å². The van der Waals surface area contributed by atoms with Crippen molar-refractivity contribution in [1.29, 1.82) is 0 Å². The standard InChI is InChI=1S/C20H25N5OS2/c26-19(17-15-28-20(27)22-17)24-9-4-8-23(11-12-24)14-18-21-7-10-25(18)13-16-5-2-1-3-6-16/h1-3,5-7,10,17H,4,8-9,11-15H2,(H,22,27). The predicted molar refractivity (Wildman–Crippen MR) is 116 cm³/mol. The van der Waals surface area contributed by atoms with E-state index in [1.165, 1.54) is 5.56 Å². The second-order valence-electron chi connectivity index (χ2n) is 7.21. The van der Waals surface area contributed by atoms with Gasteiger partial charge in [0.2, 0.25) is 5.91 Å². The van der Waals surface area contributed by atoms with Crippen LogP contribution >= 0.6 is 24.0 Å². The van der Waals surface area contributed by atoms with E-state index in [0.29, 0.717) is 0 Å². The topological polar surface area (TPSA) is 53.4 Å². The Kier molecular flexibility index (Phi) is 6.29. The maximum absolute atomic E-state index is 12.7. The third-order valence-corrected chi connectivity index (χ3v) is 6.59. The van der Waals surface area contributed by atoms with Gasteiger partial charge < -0.3 is 14.8 Å². The quantitative estimate of drug-likeness (QED) is 0.754. The number of amides is 1. The Balaban J connectivity index is 1.34. The normalized spacial score (nSPS) is 20.8. The molecular weight excluding hydrogens is 390 g/mol. The summed E-state index contributed by atoms with van der Waals surface area (Å²) in [5, 5.41) is 3.13. The summed E-state index contributed by atoms with van der Waals surface area (Å²) < 4.78 is 2.95. The fourth-order valence-electron chi connectivity index (χ4n) is 3.70. The first-order chi connectivity index (χ1) is 13.7. The second kappa shape index (κ2) is 9.07. The van der Waals surface area contributed by atoms with Crippen molar-refractivity contribution >= 4 is 34.2 Å². The molecule has 6 nitrogen and oxygen atoms in total. The summed E-state index contributed by atoms with van der Waals surface area (Å²) in [5.41, 5.74) is 1.27. The van der Waals surface area contributed by atoms with Gasteiger partial charge in [0.1, 0.15) is 16.2 Å². The molecule has 2 aliphatic heterocycles. The molecular formula is C20H25N5OS2. The molecule has 0 spiro atoms. The highest BCUT2D eigenvalue weighted by Crippen LogP contribution is 2.17. The lowest BCUT2D eigenvalue weighted by Gasteiger charge is -2.24. The van der Waals surface area contributed by atoms with Crippen molar-refractivity contribution in [2.24, 2.45) is 0 Å². The molecule has 2 aliphatic rings. The molecule has 8 heteroatoms. The average molecular weight is 416 g/mol. The minimum absolute atomic E-state index is 0.158. The van der Waals surface area contributed by atoms with Gasteiger partial charge in [-0.15, -0.1) is 0 Å². The highest BCUT2D eigenvalue weighted by atomic mass is 32.2. The lowest BCUT2D eigenvalue weighted by atomic mass is 10.2. The SMILES string of the molecule is O=C(C1CSC(=S)N1)N1CCCN(Cc2nccn2Cc2ccccc2)CC1. The number of nitrogens with one attached hydrogen (secondary N) is 1. The minimum atomic E-state index is -0.158. The third-order valence-electron chi connectivity index (χ3n) is 5.23. The largest absolute Gasteiger partial charge is 0.359 e. The summed E-state index contributed by atoms with van der Waals surface area (Å²) in [5.74, 6) is 2.00. The molecule has 28 heavy (non-hydrogen) atoms. The Hall–Kier alpha value is -1.90. The highest BCUT2D eigenvalue weighted by Gasteiger charge is 2.30. The Morgan fingerprint density at radius 1 is 1.18 bits per heavy atom. The molecule has 4 rings (SSSR count). The summed E-state index contributed by atoms with van der Waals surface area (Å²) in [7, 11) is 0. The van der Waals surface area contributed by atoms with Crippen molar-refractivity contribution in [3.63, 3.8) is 0 Å². The van der Waals surface area contributed by atoms with Gasteiger partial charge in [0.15, 0.2) is 0 Å². The van der Waals surface area contributed by atoms with Crippen LogP contribution in [0.1, 0.15) is 17.8 Å². The summed E-state index contributed by atoms with van der Waals surface area (Å²) in [6, 6.07) is 10.3. The maximum Gasteiger partial charge on any atom is 0.246 e. The summed E-state index contributed by atoms with van der Waals surface area (Å²) in [6.07, 6.45) is 4.90. The smallest absolute Gasteiger partial charge is 0.246 e. The summed E-state index contributed by atoms with van der Waals surface area (Å²) >= 11 is 6.71. The molecule has 2 fully saturated rings. The number of hydrogen-bond donors (Lipinski definition) is 1. The van der Waals surface area contributed by atoms with Gasteiger partial charge in [-0.2, -0.15) is 0 Å². The first-order valence-corrected chi connectivity index (χ1v) is 11.1. The van der Waals surface area contributed by atoms with Gasteiger partial charge in [-0.3, -0.25) is 9.69 Å². The van der Waals surface area contributed by atoms with E-state index < -0.39 is 0 Å². The number of imidazole rings is 1. The molecule has 1 aromatic heterocycles. The van der Waals surface area contributed by atoms with E-state index in [4.69, 9.17) is 12.2 Å². The molecule has 1 unspecified atom stereocenters. The fourth-order valence-corrected chi connectivity index (χ4v) is 4.82. The van der Waals surface area contributed by atoms with E-state index >= 15 is 0 Å². The van der Waals surface area contributed by atoms with Gasteiger partial charge in [0, 0.05) is 50.9 Å². The maximum atomic E-state index is 12.7. The predicted octanol–water partition coefficient (Wildman–Crippen LogP) is 1.96.